The minimum atomic E-state index is -3.70. The van der Waals surface area contributed by atoms with Gasteiger partial charge in [0.1, 0.15) is 5.01 Å². The monoisotopic (exact) mass is 326 g/mol. The third-order valence-electron chi connectivity index (χ3n) is 2.89. The quantitative estimate of drug-likeness (QED) is 0.822. The van der Waals surface area contributed by atoms with Gasteiger partial charge in [0.15, 0.2) is 0 Å². The molecule has 2 rings (SSSR count). The number of anilines is 2. The Bertz CT molecular complexity index is 738. The van der Waals surface area contributed by atoms with Crippen molar-refractivity contribution in [1.29, 1.82) is 0 Å². The summed E-state index contributed by atoms with van der Waals surface area (Å²) in [5, 5.41) is 8.95. The van der Waals surface area contributed by atoms with E-state index in [0.29, 0.717) is 17.2 Å². The first-order chi connectivity index (χ1) is 9.79. The fourth-order valence-electron chi connectivity index (χ4n) is 1.82. The van der Waals surface area contributed by atoms with Crippen LogP contribution in [-0.2, 0) is 16.4 Å². The van der Waals surface area contributed by atoms with Crippen molar-refractivity contribution < 1.29 is 8.42 Å². The molecule has 1 aromatic carbocycles. The molecule has 0 aliphatic rings. The second-order valence-electron chi connectivity index (χ2n) is 5.17. The van der Waals surface area contributed by atoms with E-state index in [4.69, 9.17) is 5.73 Å². The fraction of sp³-hybridized carbons (Fsp3) is 0.385. The van der Waals surface area contributed by atoms with E-state index in [1.807, 2.05) is 0 Å². The molecule has 0 unspecified atom stereocenters. The predicted molar refractivity (Wildman–Crippen MR) is 84.9 cm³/mol. The van der Waals surface area contributed by atoms with Crippen LogP contribution in [0, 0.1) is 12.8 Å². The molecule has 0 spiro atoms. The zero-order valence-corrected chi connectivity index (χ0v) is 13.8. The molecule has 2 aromatic rings. The molecule has 114 valence electrons. The number of aromatic nitrogens is 2. The highest BCUT2D eigenvalue weighted by Gasteiger charge is 2.20. The van der Waals surface area contributed by atoms with Crippen LogP contribution in [0.2, 0.25) is 0 Å². The topological polar surface area (TPSA) is 98.0 Å². The molecule has 21 heavy (non-hydrogen) atoms. The van der Waals surface area contributed by atoms with Crippen molar-refractivity contribution in [3.63, 3.8) is 0 Å². The standard InChI is InChI=1S/C13H18N4O2S2/c1-8(2)7-12-15-16-13(20-12)17-21(18,19)11-6-4-5-10(14)9(11)3/h4-6,8H,7,14H2,1-3H3,(H,16,17). The van der Waals surface area contributed by atoms with E-state index in [1.165, 1.54) is 17.4 Å². The van der Waals surface area contributed by atoms with Gasteiger partial charge >= 0.3 is 0 Å². The average molecular weight is 326 g/mol. The van der Waals surface area contributed by atoms with E-state index < -0.39 is 10.0 Å². The van der Waals surface area contributed by atoms with Gasteiger partial charge in [-0.05, 0) is 30.5 Å². The van der Waals surface area contributed by atoms with Gasteiger partial charge in [0.05, 0.1) is 4.90 Å². The Morgan fingerprint density at radius 2 is 2.05 bits per heavy atom. The highest BCUT2D eigenvalue weighted by Crippen LogP contribution is 2.25. The van der Waals surface area contributed by atoms with Crippen molar-refractivity contribution in [3.8, 4) is 0 Å². The maximum absolute atomic E-state index is 12.4. The van der Waals surface area contributed by atoms with E-state index in [0.717, 1.165) is 11.4 Å². The van der Waals surface area contributed by atoms with E-state index >= 15 is 0 Å². The lowest BCUT2D eigenvalue weighted by molar-refractivity contribution is 0.600. The number of hydrogen-bond acceptors (Lipinski definition) is 6. The number of sulfonamides is 1. The van der Waals surface area contributed by atoms with Crippen molar-refractivity contribution in [3.05, 3.63) is 28.8 Å². The van der Waals surface area contributed by atoms with E-state index in [9.17, 15) is 8.42 Å². The molecule has 0 saturated carbocycles. The van der Waals surface area contributed by atoms with Crippen LogP contribution in [0.15, 0.2) is 23.1 Å². The molecule has 3 N–H and O–H groups in total. The van der Waals surface area contributed by atoms with Crippen molar-refractivity contribution in [2.75, 3.05) is 10.5 Å². The summed E-state index contributed by atoms with van der Waals surface area (Å²) in [6.07, 6.45) is 0.775. The van der Waals surface area contributed by atoms with Gasteiger partial charge in [-0.3, -0.25) is 4.72 Å². The summed E-state index contributed by atoms with van der Waals surface area (Å²) < 4.78 is 27.2. The average Bonchev–Trinajstić information content (AvgIpc) is 2.78. The summed E-state index contributed by atoms with van der Waals surface area (Å²) in [5.41, 5.74) is 6.72. The Morgan fingerprint density at radius 1 is 1.33 bits per heavy atom. The number of rotatable bonds is 5. The molecule has 8 heteroatoms. The first-order valence-corrected chi connectivity index (χ1v) is 8.80. The molecule has 0 aliphatic carbocycles. The molecular weight excluding hydrogens is 308 g/mol. The lowest BCUT2D eigenvalue weighted by Crippen LogP contribution is -2.14. The first kappa shape index (κ1) is 15.7. The van der Waals surface area contributed by atoms with E-state index in [2.05, 4.69) is 28.8 Å². The van der Waals surface area contributed by atoms with Crippen molar-refractivity contribution in [2.45, 2.75) is 32.1 Å². The number of nitrogen functional groups attached to an aromatic ring is 1. The van der Waals surface area contributed by atoms with Gasteiger partial charge in [0.25, 0.3) is 10.0 Å². The van der Waals surface area contributed by atoms with Crippen molar-refractivity contribution in [2.24, 2.45) is 5.92 Å². The van der Waals surface area contributed by atoms with Crippen LogP contribution in [0.25, 0.3) is 0 Å². The van der Waals surface area contributed by atoms with Gasteiger partial charge in [0, 0.05) is 12.1 Å². The van der Waals surface area contributed by atoms with Crippen LogP contribution in [0.1, 0.15) is 24.4 Å². The van der Waals surface area contributed by atoms with Crippen LogP contribution >= 0.6 is 11.3 Å². The molecule has 6 nitrogen and oxygen atoms in total. The van der Waals surface area contributed by atoms with Gasteiger partial charge in [-0.1, -0.05) is 31.3 Å². The number of nitrogens with one attached hydrogen (secondary N) is 1. The van der Waals surface area contributed by atoms with Gasteiger partial charge in [-0.25, -0.2) is 8.42 Å². The molecule has 0 radical (unpaired) electrons. The van der Waals surface area contributed by atoms with E-state index in [1.54, 1.807) is 19.1 Å². The van der Waals surface area contributed by atoms with Crippen LogP contribution in [0.5, 0.6) is 0 Å². The van der Waals surface area contributed by atoms with Gasteiger partial charge in [0.2, 0.25) is 5.13 Å². The first-order valence-electron chi connectivity index (χ1n) is 6.50. The maximum atomic E-state index is 12.4. The Kier molecular flexibility index (Phi) is 4.48. The van der Waals surface area contributed by atoms with Gasteiger partial charge in [-0.15, -0.1) is 10.2 Å². The summed E-state index contributed by atoms with van der Waals surface area (Å²) in [6, 6.07) is 4.80. The molecule has 0 atom stereocenters. The lowest BCUT2D eigenvalue weighted by atomic mass is 10.1. The molecule has 1 heterocycles. The summed E-state index contributed by atoms with van der Waals surface area (Å²) in [7, 11) is -3.70. The summed E-state index contributed by atoms with van der Waals surface area (Å²) in [6.45, 7) is 5.82. The fourth-order valence-corrected chi connectivity index (χ4v) is 4.28. The Labute approximate surface area is 128 Å². The minimum Gasteiger partial charge on any atom is -0.398 e. The van der Waals surface area contributed by atoms with Crippen molar-refractivity contribution in [1.82, 2.24) is 10.2 Å². The molecule has 0 aliphatic heterocycles. The number of nitrogens with two attached hydrogens (primary N) is 1. The zero-order valence-electron chi connectivity index (χ0n) is 12.1. The maximum Gasteiger partial charge on any atom is 0.264 e. The highest BCUT2D eigenvalue weighted by atomic mass is 32.2. The van der Waals surface area contributed by atoms with Crippen LogP contribution in [0.4, 0.5) is 10.8 Å². The number of hydrogen-bond donors (Lipinski definition) is 2. The normalized spacial score (nSPS) is 11.8. The number of nitrogens with zero attached hydrogens (tertiary/aromatic N) is 2. The smallest absolute Gasteiger partial charge is 0.264 e. The molecule has 0 fully saturated rings. The molecular formula is C13H18N4O2S2. The predicted octanol–water partition coefficient (Wildman–Crippen LogP) is 2.43. The van der Waals surface area contributed by atoms with Crippen LogP contribution in [0.3, 0.4) is 0 Å². The third-order valence-corrected chi connectivity index (χ3v) is 5.36. The van der Waals surface area contributed by atoms with Crippen LogP contribution < -0.4 is 10.5 Å². The highest BCUT2D eigenvalue weighted by molar-refractivity contribution is 7.93. The van der Waals surface area contributed by atoms with Gasteiger partial charge in [-0.2, -0.15) is 0 Å². The second kappa shape index (κ2) is 5.98. The molecule has 0 saturated heterocycles. The summed E-state index contributed by atoms with van der Waals surface area (Å²) in [5.74, 6) is 0.443. The lowest BCUT2D eigenvalue weighted by Gasteiger charge is -2.09. The SMILES string of the molecule is Cc1c(N)cccc1S(=O)(=O)Nc1nnc(CC(C)C)s1. The van der Waals surface area contributed by atoms with E-state index in [-0.39, 0.29) is 10.0 Å². The minimum absolute atomic E-state index is 0.156. The zero-order chi connectivity index (χ0) is 15.6. The van der Waals surface area contributed by atoms with Crippen LogP contribution in [-0.4, -0.2) is 18.6 Å². The second-order valence-corrected chi connectivity index (χ2v) is 7.89. The van der Waals surface area contributed by atoms with Gasteiger partial charge < -0.3 is 5.73 Å². The summed E-state index contributed by atoms with van der Waals surface area (Å²) in [4.78, 5) is 0.156. The Hall–Kier alpha value is -1.67. The largest absolute Gasteiger partial charge is 0.398 e. The summed E-state index contributed by atoms with van der Waals surface area (Å²) >= 11 is 1.25. The molecule has 0 bridgehead atoms. The third kappa shape index (κ3) is 3.70. The molecule has 1 aromatic heterocycles. The number of benzene rings is 1. The Morgan fingerprint density at radius 3 is 2.71 bits per heavy atom. The molecule has 0 amide bonds. The van der Waals surface area contributed by atoms with Crippen molar-refractivity contribution >= 4 is 32.2 Å². The Balaban J connectivity index is 2.25.